The van der Waals surface area contributed by atoms with Crippen molar-refractivity contribution in [1.29, 1.82) is 0 Å². The Morgan fingerprint density at radius 2 is 1.90 bits per heavy atom. The standard InChI is InChI=1S/C15H11NO3S2/c1-20-11-7-4-8-12(13(11)14(17)18)21-15-16-9-5-2-3-6-10(9)19-15/h2-8H,1H3,(H,17,18). The number of rotatable bonds is 4. The monoisotopic (exact) mass is 317 g/mol. The fourth-order valence-electron chi connectivity index (χ4n) is 1.97. The molecule has 4 nitrogen and oxygen atoms in total. The van der Waals surface area contributed by atoms with Crippen LogP contribution in [0.15, 0.2) is 61.9 Å². The summed E-state index contributed by atoms with van der Waals surface area (Å²) in [5, 5.41) is 9.86. The second kappa shape index (κ2) is 5.83. The molecule has 0 radical (unpaired) electrons. The number of carbonyl (C=O) groups is 1. The minimum Gasteiger partial charge on any atom is -0.478 e. The van der Waals surface area contributed by atoms with Crippen molar-refractivity contribution < 1.29 is 14.3 Å². The lowest BCUT2D eigenvalue weighted by Crippen LogP contribution is -2.01. The molecular weight excluding hydrogens is 306 g/mol. The quantitative estimate of drug-likeness (QED) is 0.720. The molecule has 0 unspecified atom stereocenters. The summed E-state index contributed by atoms with van der Waals surface area (Å²) in [6.07, 6.45) is 1.86. The van der Waals surface area contributed by atoms with Crippen LogP contribution in [0.2, 0.25) is 0 Å². The number of hydrogen-bond donors (Lipinski definition) is 1. The number of carboxylic acid groups (broad SMARTS) is 1. The van der Waals surface area contributed by atoms with Gasteiger partial charge in [-0.25, -0.2) is 9.78 Å². The number of aromatic carboxylic acids is 1. The van der Waals surface area contributed by atoms with Gasteiger partial charge in [0.05, 0.1) is 5.56 Å². The minimum absolute atomic E-state index is 0.289. The van der Waals surface area contributed by atoms with Crippen LogP contribution in [0.1, 0.15) is 10.4 Å². The van der Waals surface area contributed by atoms with Gasteiger partial charge in [0.25, 0.3) is 5.22 Å². The van der Waals surface area contributed by atoms with E-state index in [0.29, 0.717) is 15.7 Å². The lowest BCUT2D eigenvalue weighted by atomic mass is 10.2. The van der Waals surface area contributed by atoms with Crippen molar-refractivity contribution in [2.45, 2.75) is 15.0 Å². The van der Waals surface area contributed by atoms with Gasteiger partial charge in [0.2, 0.25) is 0 Å². The highest BCUT2D eigenvalue weighted by atomic mass is 32.2. The van der Waals surface area contributed by atoms with Gasteiger partial charge in [-0.05, 0) is 42.3 Å². The number of nitrogens with zero attached hydrogens (tertiary/aromatic N) is 1. The summed E-state index contributed by atoms with van der Waals surface area (Å²) in [5.74, 6) is -0.946. The largest absolute Gasteiger partial charge is 0.478 e. The minimum atomic E-state index is -0.946. The van der Waals surface area contributed by atoms with Gasteiger partial charge < -0.3 is 9.52 Å². The molecule has 0 saturated carbocycles. The molecule has 0 atom stereocenters. The summed E-state index contributed by atoms with van der Waals surface area (Å²) in [4.78, 5) is 17.2. The summed E-state index contributed by atoms with van der Waals surface area (Å²) in [7, 11) is 0. The first-order valence-corrected chi connectivity index (χ1v) is 8.17. The highest BCUT2D eigenvalue weighted by Gasteiger charge is 2.18. The Hall–Kier alpha value is -1.92. The van der Waals surface area contributed by atoms with E-state index in [1.165, 1.54) is 23.5 Å². The highest BCUT2D eigenvalue weighted by molar-refractivity contribution is 7.99. The number of carboxylic acids is 1. The Balaban J connectivity index is 2.03. The van der Waals surface area contributed by atoms with Crippen molar-refractivity contribution in [1.82, 2.24) is 4.98 Å². The third-order valence-electron chi connectivity index (χ3n) is 2.89. The number of para-hydroxylation sites is 2. The third kappa shape index (κ3) is 2.77. The van der Waals surface area contributed by atoms with Crippen LogP contribution in [0.4, 0.5) is 0 Å². The first-order valence-electron chi connectivity index (χ1n) is 6.13. The number of aromatic nitrogens is 1. The number of hydrogen-bond acceptors (Lipinski definition) is 5. The van der Waals surface area contributed by atoms with Gasteiger partial charge in [-0.1, -0.05) is 18.2 Å². The first-order chi connectivity index (χ1) is 10.2. The zero-order valence-electron chi connectivity index (χ0n) is 11.1. The Morgan fingerprint density at radius 1 is 1.14 bits per heavy atom. The van der Waals surface area contributed by atoms with Crippen molar-refractivity contribution in [3.05, 3.63) is 48.0 Å². The Kier molecular flexibility index (Phi) is 3.90. The summed E-state index contributed by atoms with van der Waals surface area (Å²) in [5.41, 5.74) is 1.74. The number of thioether (sulfide) groups is 1. The lowest BCUT2D eigenvalue weighted by Gasteiger charge is -2.07. The Morgan fingerprint density at radius 3 is 2.62 bits per heavy atom. The van der Waals surface area contributed by atoms with Gasteiger partial charge in [-0.2, -0.15) is 0 Å². The molecule has 0 aliphatic heterocycles. The molecule has 2 aromatic carbocycles. The van der Waals surface area contributed by atoms with Crippen LogP contribution in [0.25, 0.3) is 11.1 Å². The van der Waals surface area contributed by atoms with Crippen LogP contribution >= 0.6 is 23.5 Å². The molecule has 106 valence electrons. The van der Waals surface area contributed by atoms with Gasteiger partial charge >= 0.3 is 5.97 Å². The van der Waals surface area contributed by atoms with Crippen molar-refractivity contribution in [2.24, 2.45) is 0 Å². The molecular formula is C15H11NO3S2. The summed E-state index contributed by atoms with van der Waals surface area (Å²) in [6, 6.07) is 12.9. The summed E-state index contributed by atoms with van der Waals surface area (Å²) in [6.45, 7) is 0. The predicted molar refractivity (Wildman–Crippen MR) is 83.3 cm³/mol. The SMILES string of the molecule is CSc1cccc(Sc2nc3ccccc3o2)c1C(=O)O. The molecule has 3 rings (SSSR count). The second-order valence-electron chi connectivity index (χ2n) is 4.19. The Labute approximate surface area is 129 Å². The zero-order chi connectivity index (χ0) is 14.8. The van der Waals surface area contributed by atoms with Gasteiger partial charge in [0, 0.05) is 9.79 Å². The van der Waals surface area contributed by atoms with Crippen LogP contribution < -0.4 is 0 Å². The molecule has 21 heavy (non-hydrogen) atoms. The smallest absolute Gasteiger partial charge is 0.337 e. The maximum Gasteiger partial charge on any atom is 0.337 e. The van der Waals surface area contributed by atoms with Gasteiger partial charge in [0.1, 0.15) is 5.52 Å². The van der Waals surface area contributed by atoms with E-state index in [9.17, 15) is 9.90 Å². The van der Waals surface area contributed by atoms with Crippen LogP contribution in [-0.2, 0) is 0 Å². The van der Waals surface area contributed by atoms with Gasteiger partial charge in [0.15, 0.2) is 5.58 Å². The number of oxazole rings is 1. The number of benzene rings is 2. The van der Waals surface area contributed by atoms with E-state index in [-0.39, 0.29) is 5.56 Å². The average molecular weight is 317 g/mol. The molecule has 0 bridgehead atoms. The maximum absolute atomic E-state index is 11.5. The van der Waals surface area contributed by atoms with Crippen molar-refractivity contribution in [3.8, 4) is 0 Å². The normalized spacial score (nSPS) is 10.9. The molecule has 1 aromatic heterocycles. The van der Waals surface area contributed by atoms with Crippen molar-refractivity contribution in [3.63, 3.8) is 0 Å². The fourth-order valence-corrected chi connectivity index (χ4v) is 3.56. The number of fused-ring (bicyclic) bond motifs is 1. The van der Waals surface area contributed by atoms with Gasteiger partial charge in [-0.15, -0.1) is 11.8 Å². The third-order valence-corrected chi connectivity index (χ3v) is 4.58. The lowest BCUT2D eigenvalue weighted by molar-refractivity contribution is 0.0689. The zero-order valence-corrected chi connectivity index (χ0v) is 12.7. The van der Waals surface area contributed by atoms with E-state index in [2.05, 4.69) is 4.98 Å². The van der Waals surface area contributed by atoms with E-state index in [0.717, 1.165) is 10.4 Å². The van der Waals surface area contributed by atoms with Crippen LogP contribution in [-0.4, -0.2) is 22.3 Å². The summed E-state index contributed by atoms with van der Waals surface area (Å²) >= 11 is 2.63. The molecule has 6 heteroatoms. The van der Waals surface area contributed by atoms with Crippen LogP contribution in [0.3, 0.4) is 0 Å². The van der Waals surface area contributed by atoms with Crippen LogP contribution in [0, 0.1) is 0 Å². The molecule has 0 saturated heterocycles. The van der Waals surface area contributed by atoms with E-state index in [1.807, 2.05) is 36.6 Å². The van der Waals surface area contributed by atoms with E-state index in [1.54, 1.807) is 12.1 Å². The molecule has 1 N–H and O–H groups in total. The Bertz CT molecular complexity index is 781. The molecule has 1 heterocycles. The van der Waals surface area contributed by atoms with Crippen molar-refractivity contribution in [2.75, 3.05) is 6.26 Å². The fraction of sp³-hybridized carbons (Fsp3) is 0.0667. The molecule has 0 amide bonds. The van der Waals surface area contributed by atoms with Crippen LogP contribution in [0.5, 0.6) is 0 Å². The molecule has 0 spiro atoms. The first kappa shape index (κ1) is 14.0. The predicted octanol–water partition coefficient (Wildman–Crippen LogP) is 4.40. The average Bonchev–Trinajstić information content (AvgIpc) is 2.88. The second-order valence-corrected chi connectivity index (χ2v) is 6.03. The topological polar surface area (TPSA) is 63.3 Å². The molecule has 0 fully saturated rings. The molecule has 0 aliphatic rings. The van der Waals surface area contributed by atoms with E-state index in [4.69, 9.17) is 4.42 Å². The summed E-state index contributed by atoms with van der Waals surface area (Å²) < 4.78 is 5.63. The van der Waals surface area contributed by atoms with E-state index < -0.39 is 5.97 Å². The molecule has 3 aromatic rings. The van der Waals surface area contributed by atoms with Crippen molar-refractivity contribution >= 4 is 40.6 Å². The maximum atomic E-state index is 11.5. The molecule has 0 aliphatic carbocycles. The van der Waals surface area contributed by atoms with Gasteiger partial charge in [-0.3, -0.25) is 0 Å². The van der Waals surface area contributed by atoms with E-state index >= 15 is 0 Å². The highest BCUT2D eigenvalue weighted by Crippen LogP contribution is 2.35.